The van der Waals surface area contributed by atoms with Gasteiger partial charge in [0.15, 0.2) is 5.78 Å². The lowest BCUT2D eigenvalue weighted by atomic mass is 9.96. The van der Waals surface area contributed by atoms with E-state index in [4.69, 9.17) is 21.1 Å². The molecule has 1 amide bonds. The minimum absolute atomic E-state index is 0.0167. The Hall–Kier alpha value is -2.92. The summed E-state index contributed by atoms with van der Waals surface area (Å²) in [5, 5.41) is 2.86. The molecule has 0 unspecified atom stereocenters. The fraction of sp³-hybridized carbons (Fsp3) is 0.515. The van der Waals surface area contributed by atoms with Gasteiger partial charge in [-0.05, 0) is 61.6 Å². The van der Waals surface area contributed by atoms with Gasteiger partial charge in [-0.25, -0.2) is 8.42 Å². The largest absolute Gasteiger partial charge is 0.379 e. The molecule has 0 radical (unpaired) electrons. The predicted molar refractivity (Wildman–Crippen MR) is 177 cm³/mol. The van der Waals surface area contributed by atoms with E-state index < -0.39 is 9.84 Å². The molecule has 1 heterocycles. The van der Waals surface area contributed by atoms with Gasteiger partial charge in [0, 0.05) is 76.1 Å². The van der Waals surface area contributed by atoms with Gasteiger partial charge >= 0.3 is 0 Å². The number of carbonyl (C=O) groups is 2. The van der Waals surface area contributed by atoms with Crippen molar-refractivity contribution in [2.24, 2.45) is 0 Å². The highest BCUT2D eigenvalue weighted by atomic mass is 35.5. The summed E-state index contributed by atoms with van der Waals surface area (Å²) in [4.78, 5) is 29.5. The first kappa shape index (κ1) is 35.6. The average molecular weight is 648 g/mol. The zero-order valence-electron chi connectivity index (χ0n) is 26.4. The van der Waals surface area contributed by atoms with Crippen molar-refractivity contribution in [3.05, 3.63) is 53.1 Å². The van der Waals surface area contributed by atoms with Crippen LogP contribution in [0, 0.1) is 0 Å². The minimum Gasteiger partial charge on any atom is -0.379 e. The molecule has 2 aromatic carbocycles. The quantitative estimate of drug-likeness (QED) is 0.138. The molecule has 0 saturated carbocycles. The molecule has 2 aromatic rings. The summed E-state index contributed by atoms with van der Waals surface area (Å²) in [5.41, 5.74) is 2.28. The zero-order chi connectivity index (χ0) is 32.1. The van der Waals surface area contributed by atoms with E-state index in [-0.39, 0.29) is 32.6 Å². The number of amides is 1. The molecule has 9 nitrogen and oxygen atoms in total. The maximum Gasteiger partial charge on any atom is 0.220 e. The van der Waals surface area contributed by atoms with E-state index in [0.29, 0.717) is 68.4 Å². The molecule has 1 aliphatic rings. The summed E-state index contributed by atoms with van der Waals surface area (Å²) >= 11 is 5.66. The molecular weight excluding hydrogens is 602 g/mol. The topological polar surface area (TPSA) is 105 Å². The van der Waals surface area contributed by atoms with Crippen LogP contribution in [0.25, 0.3) is 6.08 Å². The molecule has 44 heavy (non-hydrogen) atoms. The number of hydrogen-bond donors (Lipinski definition) is 1. The van der Waals surface area contributed by atoms with Crippen LogP contribution < -0.4 is 15.1 Å². The van der Waals surface area contributed by atoms with Crippen LogP contribution in [0.1, 0.15) is 66.4 Å². The van der Waals surface area contributed by atoms with Crippen molar-refractivity contribution in [3.63, 3.8) is 0 Å². The minimum atomic E-state index is -3.92. The van der Waals surface area contributed by atoms with Gasteiger partial charge < -0.3 is 24.6 Å². The Morgan fingerprint density at radius 2 is 1.55 bits per heavy atom. The standard InChI is InChI=1S/C33H46ClN3O6S/c1-36(2)26-14-15-28-29(23-26)44(40,41)30-24-27(37(3)4)22-25(32(30)33(28)39)12-8-7-9-13-31(38)35-17-19-43-21-20-42-18-11-6-5-10-16-34/h8,12,14-15,22-24H,5-7,9-11,13,16-21H2,1-4H3,(H,35,38)/b12-8+. The Labute approximate surface area is 267 Å². The number of nitrogens with zero attached hydrogens (tertiary/aromatic N) is 2. The van der Waals surface area contributed by atoms with Crippen molar-refractivity contribution < 1.29 is 27.5 Å². The second kappa shape index (κ2) is 17.5. The van der Waals surface area contributed by atoms with E-state index in [2.05, 4.69) is 5.32 Å². The molecule has 0 atom stereocenters. The van der Waals surface area contributed by atoms with Crippen molar-refractivity contribution in [3.8, 4) is 0 Å². The van der Waals surface area contributed by atoms with Crippen molar-refractivity contribution in [2.45, 2.75) is 54.7 Å². The second-order valence-electron chi connectivity index (χ2n) is 11.2. The Balaban J connectivity index is 1.50. The number of sulfone groups is 1. The first-order valence-corrected chi connectivity index (χ1v) is 17.2. The zero-order valence-corrected chi connectivity index (χ0v) is 27.9. The molecule has 0 spiro atoms. The van der Waals surface area contributed by atoms with Crippen LogP contribution in [0.5, 0.6) is 0 Å². The highest BCUT2D eigenvalue weighted by Crippen LogP contribution is 2.40. The number of carbonyl (C=O) groups excluding carboxylic acids is 2. The number of anilines is 2. The number of allylic oxidation sites excluding steroid dienone is 1. The lowest BCUT2D eigenvalue weighted by molar-refractivity contribution is -0.121. The Bertz CT molecular complexity index is 1410. The summed E-state index contributed by atoms with van der Waals surface area (Å²) in [6, 6.07) is 8.29. The van der Waals surface area contributed by atoms with Crippen LogP contribution >= 0.6 is 11.6 Å². The summed E-state index contributed by atoms with van der Waals surface area (Å²) in [5.74, 6) is 0.340. The van der Waals surface area contributed by atoms with Crippen molar-refractivity contribution in [1.29, 1.82) is 0 Å². The first-order valence-electron chi connectivity index (χ1n) is 15.2. The third kappa shape index (κ3) is 9.79. The molecular formula is C33H46ClN3O6S. The third-order valence-corrected chi connectivity index (χ3v) is 9.44. The van der Waals surface area contributed by atoms with Crippen LogP contribution in [0.2, 0.25) is 0 Å². The maximum atomic E-state index is 13.7. The van der Waals surface area contributed by atoms with Gasteiger partial charge in [0.1, 0.15) is 0 Å². The van der Waals surface area contributed by atoms with Crippen LogP contribution in [-0.4, -0.2) is 87.2 Å². The third-order valence-electron chi connectivity index (χ3n) is 7.35. The number of alkyl halides is 1. The number of unbranched alkanes of at least 4 members (excludes halogenated alkanes) is 4. The van der Waals surface area contributed by atoms with Crippen LogP contribution in [0.15, 0.2) is 46.2 Å². The molecule has 0 bridgehead atoms. The van der Waals surface area contributed by atoms with Crippen molar-refractivity contribution in [2.75, 3.05) is 76.8 Å². The summed E-state index contributed by atoms with van der Waals surface area (Å²) < 4.78 is 38.5. The van der Waals surface area contributed by atoms with Gasteiger partial charge in [0.05, 0.1) is 29.6 Å². The monoisotopic (exact) mass is 647 g/mol. The van der Waals surface area contributed by atoms with Gasteiger partial charge in [0.25, 0.3) is 0 Å². The highest BCUT2D eigenvalue weighted by Gasteiger charge is 2.37. The molecule has 3 rings (SSSR count). The molecule has 11 heteroatoms. The molecule has 1 aliphatic heterocycles. The SMILES string of the molecule is CN(C)c1ccc2c(c1)S(=O)(=O)c1cc(N(C)C)cc(/C=C/CCCC(=O)NCCOCCOCCCCCCCl)c1C2=O. The number of fused-ring (bicyclic) bond motifs is 2. The fourth-order valence-electron chi connectivity index (χ4n) is 4.83. The second-order valence-corrected chi connectivity index (χ2v) is 13.4. The van der Waals surface area contributed by atoms with E-state index in [1.54, 1.807) is 35.2 Å². The molecule has 242 valence electrons. The Kier molecular flexibility index (Phi) is 14.2. The van der Waals surface area contributed by atoms with Crippen LogP contribution in [-0.2, 0) is 24.1 Å². The van der Waals surface area contributed by atoms with E-state index in [9.17, 15) is 18.0 Å². The molecule has 0 fully saturated rings. The van der Waals surface area contributed by atoms with Gasteiger partial charge in [-0.2, -0.15) is 0 Å². The number of hydrogen-bond acceptors (Lipinski definition) is 8. The lowest BCUT2D eigenvalue weighted by Crippen LogP contribution is -2.27. The van der Waals surface area contributed by atoms with Gasteiger partial charge in [-0.1, -0.05) is 25.0 Å². The number of ketones is 1. The molecule has 0 aliphatic carbocycles. The van der Waals surface area contributed by atoms with E-state index in [0.717, 1.165) is 32.3 Å². The van der Waals surface area contributed by atoms with Gasteiger partial charge in [-0.3, -0.25) is 9.59 Å². The Morgan fingerprint density at radius 1 is 0.864 bits per heavy atom. The summed E-state index contributed by atoms with van der Waals surface area (Å²) in [6.45, 7) is 2.62. The maximum absolute atomic E-state index is 13.7. The predicted octanol–water partition coefficient (Wildman–Crippen LogP) is 5.33. The van der Waals surface area contributed by atoms with Crippen LogP contribution in [0.3, 0.4) is 0 Å². The van der Waals surface area contributed by atoms with Crippen molar-refractivity contribution in [1.82, 2.24) is 5.32 Å². The average Bonchev–Trinajstić information content (AvgIpc) is 2.99. The van der Waals surface area contributed by atoms with Gasteiger partial charge in [0.2, 0.25) is 15.7 Å². The molecule has 1 N–H and O–H groups in total. The highest BCUT2D eigenvalue weighted by molar-refractivity contribution is 7.91. The summed E-state index contributed by atoms with van der Waals surface area (Å²) in [7, 11) is 3.38. The smallest absolute Gasteiger partial charge is 0.220 e. The lowest BCUT2D eigenvalue weighted by Gasteiger charge is -2.25. The van der Waals surface area contributed by atoms with E-state index in [1.807, 2.05) is 45.2 Å². The van der Waals surface area contributed by atoms with E-state index >= 15 is 0 Å². The molecule has 0 saturated heterocycles. The number of ether oxygens (including phenoxy) is 2. The number of benzene rings is 2. The number of rotatable bonds is 19. The number of nitrogens with one attached hydrogen (secondary N) is 1. The number of halogens is 1. The van der Waals surface area contributed by atoms with Crippen LogP contribution in [0.4, 0.5) is 11.4 Å². The molecule has 0 aromatic heterocycles. The fourth-order valence-corrected chi connectivity index (χ4v) is 6.74. The van der Waals surface area contributed by atoms with E-state index in [1.165, 1.54) is 0 Å². The van der Waals surface area contributed by atoms with Gasteiger partial charge in [-0.15, -0.1) is 11.6 Å². The van der Waals surface area contributed by atoms with Crippen molar-refractivity contribution >= 4 is 50.6 Å². The Morgan fingerprint density at radius 3 is 2.25 bits per heavy atom. The summed E-state index contributed by atoms with van der Waals surface area (Å²) in [6.07, 6.45) is 9.55. The first-order chi connectivity index (χ1) is 21.1. The normalized spacial score (nSPS) is 13.5.